The lowest BCUT2D eigenvalue weighted by Crippen LogP contribution is -2.30. The van der Waals surface area contributed by atoms with Crippen LogP contribution < -0.4 is 0 Å². The molecule has 0 spiro atoms. The van der Waals surface area contributed by atoms with Crippen molar-refractivity contribution in [2.24, 2.45) is 0 Å². The van der Waals surface area contributed by atoms with Gasteiger partial charge in [0.1, 0.15) is 13.2 Å². The molecule has 0 aliphatic rings. The van der Waals surface area contributed by atoms with E-state index < -0.39 is 6.10 Å². The van der Waals surface area contributed by atoms with Crippen LogP contribution in [0.1, 0.15) is 361 Å². The second kappa shape index (κ2) is 58.0. The molecule has 0 unspecified atom stereocenters. The van der Waals surface area contributed by atoms with E-state index in [0.29, 0.717) is 19.3 Å². The van der Waals surface area contributed by atoms with E-state index in [2.05, 4.69) is 20.8 Å². The number of hydrogen-bond donors (Lipinski definition) is 0. The first kappa shape index (κ1) is 66.4. The molecule has 0 aliphatic carbocycles. The first-order valence-electron chi connectivity index (χ1n) is 31.0. The highest BCUT2D eigenvalue weighted by Gasteiger charge is 2.19. The lowest BCUT2D eigenvalue weighted by atomic mass is 10.0. The van der Waals surface area contributed by atoms with Gasteiger partial charge in [-0.3, -0.25) is 14.4 Å². The standard InChI is InChI=1S/C62H120O6/c1-4-7-10-13-16-19-22-25-28-30-32-34-37-40-43-46-49-52-55-61(64)67-58-59(57-66-60(63)54-51-48-45-42-39-36-27-24-21-18-15-12-9-6-3)68-62(65)56-53-50-47-44-41-38-35-33-31-29-26-23-20-17-14-11-8-5-2/h59H,4-58H2,1-3H3/t59-/m1/s1. The number of carbonyl (C=O) groups is 3. The second-order valence-corrected chi connectivity index (χ2v) is 21.3. The van der Waals surface area contributed by atoms with Gasteiger partial charge < -0.3 is 14.2 Å². The summed E-state index contributed by atoms with van der Waals surface area (Å²) in [5.74, 6) is -0.826. The van der Waals surface area contributed by atoms with Gasteiger partial charge >= 0.3 is 17.9 Å². The highest BCUT2D eigenvalue weighted by molar-refractivity contribution is 5.71. The second-order valence-electron chi connectivity index (χ2n) is 21.3. The van der Waals surface area contributed by atoms with Crippen molar-refractivity contribution in [2.45, 2.75) is 367 Å². The van der Waals surface area contributed by atoms with E-state index in [-0.39, 0.29) is 31.1 Å². The molecule has 0 aliphatic heterocycles. The third-order valence-electron chi connectivity index (χ3n) is 14.4. The van der Waals surface area contributed by atoms with Gasteiger partial charge in [0.05, 0.1) is 0 Å². The largest absolute Gasteiger partial charge is 0.462 e. The Balaban J connectivity index is 4.27. The quantitative estimate of drug-likeness (QED) is 0.0343. The zero-order valence-electron chi connectivity index (χ0n) is 46.4. The number of unbranched alkanes of at least 4 members (excludes halogenated alkanes) is 47. The Kier molecular flexibility index (Phi) is 56.6. The average Bonchev–Trinajstić information content (AvgIpc) is 3.34. The minimum absolute atomic E-state index is 0.0606. The van der Waals surface area contributed by atoms with Crippen LogP contribution in [0.2, 0.25) is 0 Å². The molecule has 0 heterocycles. The smallest absolute Gasteiger partial charge is 0.306 e. The summed E-state index contributed by atoms with van der Waals surface area (Å²) in [5.41, 5.74) is 0. The number of ether oxygens (including phenoxy) is 3. The molecule has 0 saturated heterocycles. The summed E-state index contributed by atoms with van der Waals surface area (Å²) >= 11 is 0. The van der Waals surface area contributed by atoms with E-state index in [1.54, 1.807) is 0 Å². The molecule has 0 aromatic heterocycles. The summed E-state index contributed by atoms with van der Waals surface area (Å²) in [5, 5.41) is 0. The maximum atomic E-state index is 12.9. The molecule has 0 aromatic carbocycles. The molecule has 68 heavy (non-hydrogen) atoms. The van der Waals surface area contributed by atoms with Gasteiger partial charge in [0.2, 0.25) is 0 Å². The third-order valence-corrected chi connectivity index (χ3v) is 14.4. The van der Waals surface area contributed by atoms with Crippen molar-refractivity contribution < 1.29 is 28.6 Å². The molecular weight excluding hydrogens is 841 g/mol. The zero-order valence-corrected chi connectivity index (χ0v) is 46.4. The van der Waals surface area contributed by atoms with Crippen LogP contribution in [0.4, 0.5) is 0 Å². The van der Waals surface area contributed by atoms with Crippen LogP contribution >= 0.6 is 0 Å². The molecule has 6 heteroatoms. The van der Waals surface area contributed by atoms with E-state index in [1.807, 2.05) is 0 Å². The van der Waals surface area contributed by atoms with Crippen LogP contribution in [0.3, 0.4) is 0 Å². The molecule has 1 atom stereocenters. The normalized spacial score (nSPS) is 11.9. The van der Waals surface area contributed by atoms with Crippen LogP contribution in [-0.4, -0.2) is 37.2 Å². The molecule has 0 rings (SSSR count). The van der Waals surface area contributed by atoms with E-state index >= 15 is 0 Å². The van der Waals surface area contributed by atoms with Crippen LogP contribution in [0.25, 0.3) is 0 Å². The molecule has 0 saturated carbocycles. The molecule has 0 amide bonds. The predicted octanol–water partition coefficient (Wildman–Crippen LogP) is 20.7. The topological polar surface area (TPSA) is 78.9 Å². The Morgan fingerprint density at radius 2 is 0.397 bits per heavy atom. The molecule has 6 nitrogen and oxygen atoms in total. The molecule has 0 radical (unpaired) electrons. The fourth-order valence-corrected chi connectivity index (χ4v) is 9.68. The van der Waals surface area contributed by atoms with Crippen molar-refractivity contribution in [1.82, 2.24) is 0 Å². The van der Waals surface area contributed by atoms with Crippen molar-refractivity contribution in [1.29, 1.82) is 0 Å². The number of hydrogen-bond acceptors (Lipinski definition) is 6. The maximum absolute atomic E-state index is 12.9. The first-order valence-corrected chi connectivity index (χ1v) is 31.0. The van der Waals surface area contributed by atoms with E-state index in [4.69, 9.17) is 14.2 Å². The summed E-state index contributed by atoms with van der Waals surface area (Å²) in [6.45, 7) is 6.72. The van der Waals surface area contributed by atoms with Gasteiger partial charge in [0, 0.05) is 19.3 Å². The predicted molar refractivity (Wildman–Crippen MR) is 294 cm³/mol. The Bertz CT molecular complexity index is 1010. The number of rotatable bonds is 58. The van der Waals surface area contributed by atoms with Crippen molar-refractivity contribution >= 4 is 17.9 Å². The van der Waals surface area contributed by atoms with Crippen molar-refractivity contribution in [3.8, 4) is 0 Å². The lowest BCUT2D eigenvalue weighted by Gasteiger charge is -2.18. The minimum atomic E-state index is -0.761. The highest BCUT2D eigenvalue weighted by atomic mass is 16.6. The van der Waals surface area contributed by atoms with E-state index in [0.717, 1.165) is 57.8 Å². The summed E-state index contributed by atoms with van der Waals surface area (Å²) in [4.78, 5) is 38.2. The van der Waals surface area contributed by atoms with Gasteiger partial charge in [-0.25, -0.2) is 0 Å². The Morgan fingerprint density at radius 1 is 0.235 bits per heavy atom. The Morgan fingerprint density at radius 3 is 0.588 bits per heavy atom. The fraction of sp³-hybridized carbons (Fsp3) is 0.952. The van der Waals surface area contributed by atoms with E-state index in [1.165, 1.54) is 263 Å². The fourth-order valence-electron chi connectivity index (χ4n) is 9.68. The third kappa shape index (κ3) is 55.3. The summed E-state index contributed by atoms with van der Waals surface area (Å²) in [7, 11) is 0. The lowest BCUT2D eigenvalue weighted by molar-refractivity contribution is -0.167. The first-order chi connectivity index (χ1) is 33.5. The molecule has 0 bridgehead atoms. The SMILES string of the molecule is CCCCCCCCCCCCCCCCCCCCC(=O)OC[C@@H](COC(=O)CCCCCCCCCCCCCCCC)OC(=O)CCCCCCCCCCCCCCCCCCCC. The Hall–Kier alpha value is -1.59. The molecule has 0 aromatic rings. The van der Waals surface area contributed by atoms with Gasteiger partial charge in [-0.05, 0) is 19.3 Å². The van der Waals surface area contributed by atoms with Gasteiger partial charge in [0.25, 0.3) is 0 Å². The highest BCUT2D eigenvalue weighted by Crippen LogP contribution is 2.18. The van der Waals surface area contributed by atoms with Crippen LogP contribution in [-0.2, 0) is 28.6 Å². The Labute approximate surface area is 425 Å². The van der Waals surface area contributed by atoms with E-state index in [9.17, 15) is 14.4 Å². The molecular formula is C62H120O6. The summed E-state index contributed by atoms with van der Waals surface area (Å²) < 4.78 is 16.9. The summed E-state index contributed by atoms with van der Waals surface area (Å²) in [6, 6.07) is 0. The minimum Gasteiger partial charge on any atom is -0.462 e. The van der Waals surface area contributed by atoms with Crippen molar-refractivity contribution in [2.75, 3.05) is 13.2 Å². The van der Waals surface area contributed by atoms with Crippen LogP contribution in [0, 0.1) is 0 Å². The number of carbonyl (C=O) groups excluding carboxylic acids is 3. The van der Waals surface area contributed by atoms with Gasteiger partial charge in [-0.1, -0.05) is 323 Å². The van der Waals surface area contributed by atoms with Gasteiger partial charge in [-0.2, -0.15) is 0 Å². The van der Waals surface area contributed by atoms with Gasteiger partial charge in [-0.15, -0.1) is 0 Å². The van der Waals surface area contributed by atoms with Crippen molar-refractivity contribution in [3.63, 3.8) is 0 Å². The zero-order chi connectivity index (χ0) is 49.3. The van der Waals surface area contributed by atoms with Crippen LogP contribution in [0.5, 0.6) is 0 Å². The maximum Gasteiger partial charge on any atom is 0.306 e. The molecule has 404 valence electrons. The van der Waals surface area contributed by atoms with Crippen molar-refractivity contribution in [3.05, 3.63) is 0 Å². The van der Waals surface area contributed by atoms with Gasteiger partial charge in [0.15, 0.2) is 6.10 Å². The number of esters is 3. The molecule has 0 N–H and O–H groups in total. The molecule has 0 fully saturated rings. The van der Waals surface area contributed by atoms with Crippen LogP contribution in [0.15, 0.2) is 0 Å². The summed E-state index contributed by atoms with van der Waals surface area (Å²) in [6.07, 6.45) is 65.3. The monoisotopic (exact) mass is 961 g/mol. The average molecular weight is 962 g/mol.